The minimum absolute atomic E-state index is 0.0308. The highest BCUT2D eigenvalue weighted by Gasteiger charge is 2.46. The second-order valence-electron chi connectivity index (χ2n) is 6.51. The quantitative estimate of drug-likeness (QED) is 0.938. The fraction of sp³-hybridized carbons (Fsp3) is 0.471. The number of piperidine rings is 1. The number of aromatic nitrogens is 2. The molecule has 2 saturated heterocycles. The molecule has 4 heterocycles. The van der Waals surface area contributed by atoms with Crippen molar-refractivity contribution in [3.63, 3.8) is 0 Å². The molecule has 2 aromatic rings. The lowest BCUT2D eigenvalue weighted by Gasteiger charge is -2.39. The molecule has 2 fully saturated rings. The molecule has 1 atom stereocenters. The molecule has 0 saturated carbocycles. The highest BCUT2D eigenvalue weighted by molar-refractivity contribution is 7.09. The molecule has 5 nitrogen and oxygen atoms in total. The first-order valence-electron chi connectivity index (χ1n) is 8.07. The Bertz CT molecular complexity index is 665. The van der Waals surface area contributed by atoms with Crippen LogP contribution in [0.3, 0.4) is 0 Å². The summed E-state index contributed by atoms with van der Waals surface area (Å²) < 4.78 is 0. The first kappa shape index (κ1) is 14.8. The van der Waals surface area contributed by atoms with Gasteiger partial charge in [-0.15, -0.1) is 11.3 Å². The lowest BCUT2D eigenvalue weighted by Crippen LogP contribution is -2.50. The first-order valence-corrected chi connectivity index (χ1v) is 8.95. The van der Waals surface area contributed by atoms with Crippen LogP contribution in [0.2, 0.25) is 0 Å². The van der Waals surface area contributed by atoms with Gasteiger partial charge in [-0.2, -0.15) is 0 Å². The molecule has 0 aromatic carbocycles. The molecule has 0 bridgehead atoms. The van der Waals surface area contributed by atoms with Crippen LogP contribution in [0.15, 0.2) is 36.1 Å². The summed E-state index contributed by atoms with van der Waals surface area (Å²) in [5.74, 6) is 0.112. The van der Waals surface area contributed by atoms with E-state index < -0.39 is 0 Å². The van der Waals surface area contributed by atoms with Crippen LogP contribution in [0, 0.1) is 0 Å². The Labute approximate surface area is 139 Å². The Hall–Kier alpha value is -1.79. The van der Waals surface area contributed by atoms with Gasteiger partial charge in [-0.05, 0) is 30.9 Å². The molecule has 2 aliphatic rings. The number of pyridine rings is 1. The van der Waals surface area contributed by atoms with Gasteiger partial charge in [-0.25, -0.2) is 4.98 Å². The number of amides is 1. The normalized spacial score (nSPS) is 24.0. The largest absolute Gasteiger partial charge is 0.350 e. The van der Waals surface area contributed by atoms with Crippen molar-refractivity contribution in [1.82, 2.24) is 20.2 Å². The SMILES string of the molecule is O=C1NC2(CCN(Cc3nccs3)CC2)C[C@H]1c1cccnc1. The molecule has 0 aliphatic carbocycles. The van der Waals surface area contributed by atoms with E-state index in [2.05, 4.69) is 20.2 Å². The summed E-state index contributed by atoms with van der Waals surface area (Å²) in [7, 11) is 0. The third-order valence-electron chi connectivity index (χ3n) is 5.04. The van der Waals surface area contributed by atoms with E-state index in [0.717, 1.165) is 44.5 Å². The first-order chi connectivity index (χ1) is 11.2. The van der Waals surface area contributed by atoms with Gasteiger partial charge in [-0.1, -0.05) is 6.07 Å². The number of thiazole rings is 1. The van der Waals surface area contributed by atoms with Crippen LogP contribution in [0.5, 0.6) is 0 Å². The van der Waals surface area contributed by atoms with Crippen LogP contribution in [0.1, 0.15) is 35.8 Å². The Morgan fingerprint density at radius 3 is 2.91 bits per heavy atom. The molecular formula is C17H20N4OS. The van der Waals surface area contributed by atoms with Crippen molar-refractivity contribution < 1.29 is 4.79 Å². The lowest BCUT2D eigenvalue weighted by atomic mass is 9.82. The number of nitrogens with one attached hydrogen (secondary N) is 1. The van der Waals surface area contributed by atoms with Gasteiger partial charge in [0, 0.05) is 42.6 Å². The molecule has 120 valence electrons. The summed E-state index contributed by atoms with van der Waals surface area (Å²) in [6.07, 6.45) is 8.36. The molecule has 4 rings (SSSR count). The van der Waals surface area contributed by atoms with Crippen LogP contribution in [0.25, 0.3) is 0 Å². The van der Waals surface area contributed by atoms with E-state index in [1.54, 1.807) is 17.5 Å². The van der Waals surface area contributed by atoms with Gasteiger partial charge in [0.2, 0.25) is 5.91 Å². The van der Waals surface area contributed by atoms with E-state index in [1.807, 2.05) is 29.9 Å². The zero-order valence-corrected chi connectivity index (χ0v) is 13.8. The fourth-order valence-corrected chi connectivity index (χ4v) is 4.38. The Morgan fingerprint density at radius 1 is 1.35 bits per heavy atom. The molecule has 2 aromatic heterocycles. The Morgan fingerprint density at radius 2 is 2.22 bits per heavy atom. The maximum absolute atomic E-state index is 12.4. The van der Waals surface area contributed by atoms with Crippen molar-refractivity contribution in [1.29, 1.82) is 0 Å². The summed E-state index contributed by atoms with van der Waals surface area (Å²) in [5, 5.41) is 6.49. The summed E-state index contributed by atoms with van der Waals surface area (Å²) >= 11 is 1.71. The number of carbonyl (C=O) groups is 1. The van der Waals surface area contributed by atoms with Gasteiger partial charge in [0.05, 0.1) is 12.5 Å². The topological polar surface area (TPSA) is 58.1 Å². The van der Waals surface area contributed by atoms with Crippen molar-refractivity contribution in [3.8, 4) is 0 Å². The monoisotopic (exact) mass is 328 g/mol. The number of carbonyl (C=O) groups excluding carboxylic acids is 1. The van der Waals surface area contributed by atoms with Crippen LogP contribution in [-0.2, 0) is 11.3 Å². The van der Waals surface area contributed by atoms with Crippen molar-refractivity contribution in [2.45, 2.75) is 37.3 Å². The number of hydrogen-bond donors (Lipinski definition) is 1. The zero-order valence-electron chi connectivity index (χ0n) is 12.9. The Balaban J connectivity index is 1.40. The van der Waals surface area contributed by atoms with Gasteiger partial charge in [-0.3, -0.25) is 14.7 Å². The molecule has 1 N–H and O–H groups in total. The average molecular weight is 328 g/mol. The summed E-state index contributed by atoms with van der Waals surface area (Å²) in [5.41, 5.74) is 1.00. The highest BCUT2D eigenvalue weighted by Crippen LogP contribution is 2.39. The maximum Gasteiger partial charge on any atom is 0.228 e. The molecule has 1 amide bonds. The number of likely N-dealkylation sites (tertiary alicyclic amines) is 1. The highest BCUT2D eigenvalue weighted by atomic mass is 32.1. The fourth-order valence-electron chi connectivity index (χ4n) is 3.72. The lowest BCUT2D eigenvalue weighted by molar-refractivity contribution is -0.121. The van der Waals surface area contributed by atoms with Gasteiger partial charge in [0.25, 0.3) is 0 Å². The number of nitrogens with zero attached hydrogens (tertiary/aromatic N) is 3. The predicted octanol–water partition coefficient (Wildman–Crippen LogP) is 2.18. The van der Waals surface area contributed by atoms with Gasteiger partial charge in [0.1, 0.15) is 5.01 Å². The second-order valence-corrected chi connectivity index (χ2v) is 7.49. The van der Waals surface area contributed by atoms with E-state index in [0.29, 0.717) is 0 Å². The molecule has 23 heavy (non-hydrogen) atoms. The van der Waals surface area contributed by atoms with E-state index >= 15 is 0 Å². The second kappa shape index (κ2) is 6.02. The summed E-state index contributed by atoms with van der Waals surface area (Å²) in [6.45, 7) is 2.95. The molecule has 1 spiro atoms. The van der Waals surface area contributed by atoms with Gasteiger partial charge >= 0.3 is 0 Å². The zero-order chi connectivity index (χ0) is 15.7. The third-order valence-corrected chi connectivity index (χ3v) is 5.81. The van der Waals surface area contributed by atoms with Crippen molar-refractivity contribution in [3.05, 3.63) is 46.7 Å². The van der Waals surface area contributed by atoms with Gasteiger partial charge in [0.15, 0.2) is 0 Å². The smallest absolute Gasteiger partial charge is 0.228 e. The van der Waals surface area contributed by atoms with E-state index in [9.17, 15) is 4.79 Å². The van der Waals surface area contributed by atoms with Crippen LogP contribution >= 0.6 is 11.3 Å². The standard InChI is InChI=1S/C17H20N4OS/c22-16-14(13-2-1-5-18-11-13)10-17(20-16)3-7-21(8-4-17)12-15-19-6-9-23-15/h1-2,5-6,9,11,14H,3-4,7-8,10,12H2,(H,20,22)/t14-/m0/s1. The van der Waals surface area contributed by atoms with Crippen LogP contribution in [0.4, 0.5) is 0 Å². The van der Waals surface area contributed by atoms with E-state index in [4.69, 9.17) is 0 Å². The Kier molecular flexibility index (Phi) is 3.87. The van der Waals surface area contributed by atoms with Crippen LogP contribution in [-0.4, -0.2) is 39.4 Å². The minimum atomic E-state index is -0.0470. The summed E-state index contributed by atoms with van der Waals surface area (Å²) in [4.78, 5) is 23.4. The maximum atomic E-state index is 12.4. The molecule has 0 unspecified atom stereocenters. The minimum Gasteiger partial charge on any atom is -0.350 e. The van der Waals surface area contributed by atoms with Crippen molar-refractivity contribution in [2.24, 2.45) is 0 Å². The van der Waals surface area contributed by atoms with E-state index in [-0.39, 0.29) is 17.4 Å². The van der Waals surface area contributed by atoms with Crippen LogP contribution < -0.4 is 5.32 Å². The predicted molar refractivity (Wildman–Crippen MR) is 89.1 cm³/mol. The third kappa shape index (κ3) is 3.01. The molecule has 2 aliphatic heterocycles. The summed E-state index contributed by atoms with van der Waals surface area (Å²) in [6, 6.07) is 3.91. The number of hydrogen-bond acceptors (Lipinski definition) is 5. The van der Waals surface area contributed by atoms with Gasteiger partial charge < -0.3 is 5.32 Å². The molecular weight excluding hydrogens is 308 g/mol. The number of rotatable bonds is 3. The van der Waals surface area contributed by atoms with Crippen molar-refractivity contribution in [2.75, 3.05) is 13.1 Å². The average Bonchev–Trinajstić information content (AvgIpc) is 3.19. The van der Waals surface area contributed by atoms with E-state index in [1.165, 1.54) is 5.01 Å². The molecule has 0 radical (unpaired) electrons. The van der Waals surface area contributed by atoms with Crippen molar-refractivity contribution >= 4 is 17.2 Å². The molecule has 6 heteroatoms.